The number of carbonyl (C=O) groups excluding carboxylic acids is 2. The number of amides is 2. The number of primary amides is 1. The number of unbranched alkanes of at least 4 members (excludes halogenated alkanes) is 1. The van der Waals surface area contributed by atoms with Gasteiger partial charge in [-0.25, -0.2) is 5.10 Å². The zero-order chi connectivity index (χ0) is 15.2. The van der Waals surface area contributed by atoms with E-state index in [0.717, 1.165) is 0 Å². The van der Waals surface area contributed by atoms with E-state index in [9.17, 15) is 14.4 Å². The number of H-pyrrole nitrogens is 1. The van der Waals surface area contributed by atoms with E-state index in [0.29, 0.717) is 36.6 Å². The number of rotatable bonds is 6. The van der Waals surface area contributed by atoms with Crippen LogP contribution in [0.5, 0.6) is 0 Å². The van der Waals surface area contributed by atoms with Gasteiger partial charge in [0.25, 0.3) is 11.5 Å². The highest BCUT2D eigenvalue weighted by molar-refractivity contribution is 6.04. The molecule has 0 aliphatic carbocycles. The van der Waals surface area contributed by atoms with Gasteiger partial charge in [0.15, 0.2) is 5.69 Å². The summed E-state index contributed by atoms with van der Waals surface area (Å²) >= 11 is 0. The molecule has 7 nitrogen and oxygen atoms in total. The highest BCUT2D eigenvalue weighted by Crippen LogP contribution is 2.12. The molecule has 0 saturated heterocycles. The van der Waals surface area contributed by atoms with E-state index < -0.39 is 0 Å². The van der Waals surface area contributed by atoms with Gasteiger partial charge in [0.05, 0.1) is 5.39 Å². The van der Waals surface area contributed by atoms with Gasteiger partial charge >= 0.3 is 0 Å². The quantitative estimate of drug-likeness (QED) is 0.663. The predicted molar refractivity (Wildman–Crippen MR) is 77.7 cm³/mol. The molecule has 0 atom stereocenters. The van der Waals surface area contributed by atoms with Crippen molar-refractivity contribution in [1.29, 1.82) is 0 Å². The largest absolute Gasteiger partial charge is 0.370 e. The molecule has 0 aliphatic rings. The molecule has 1 aromatic carbocycles. The highest BCUT2D eigenvalue weighted by Gasteiger charge is 2.13. The first-order valence-corrected chi connectivity index (χ1v) is 6.63. The third kappa shape index (κ3) is 3.65. The van der Waals surface area contributed by atoms with Crippen molar-refractivity contribution in [2.24, 2.45) is 5.73 Å². The van der Waals surface area contributed by atoms with Crippen LogP contribution in [0.15, 0.2) is 29.1 Å². The number of carbonyl (C=O) groups is 2. The van der Waals surface area contributed by atoms with Gasteiger partial charge in [-0.2, -0.15) is 5.10 Å². The van der Waals surface area contributed by atoms with Crippen LogP contribution in [0.2, 0.25) is 0 Å². The van der Waals surface area contributed by atoms with Crippen molar-refractivity contribution in [3.63, 3.8) is 0 Å². The van der Waals surface area contributed by atoms with Gasteiger partial charge in [-0.15, -0.1) is 0 Å². The van der Waals surface area contributed by atoms with Crippen molar-refractivity contribution in [2.45, 2.75) is 19.3 Å². The Morgan fingerprint density at radius 1 is 1.19 bits per heavy atom. The molecular formula is C14H16N4O3. The summed E-state index contributed by atoms with van der Waals surface area (Å²) in [6, 6.07) is 6.79. The topological polar surface area (TPSA) is 118 Å². The minimum Gasteiger partial charge on any atom is -0.370 e. The Bertz CT molecular complexity index is 723. The van der Waals surface area contributed by atoms with Crippen LogP contribution < -0.4 is 16.6 Å². The second kappa shape index (κ2) is 6.65. The van der Waals surface area contributed by atoms with Crippen molar-refractivity contribution >= 4 is 22.6 Å². The Morgan fingerprint density at radius 3 is 2.62 bits per heavy atom. The lowest BCUT2D eigenvalue weighted by atomic mass is 10.1. The number of nitrogens with zero attached hydrogens (tertiary/aromatic N) is 1. The van der Waals surface area contributed by atoms with E-state index in [2.05, 4.69) is 15.5 Å². The van der Waals surface area contributed by atoms with Crippen LogP contribution in [0, 0.1) is 0 Å². The Kier molecular flexibility index (Phi) is 4.65. The molecule has 0 unspecified atom stereocenters. The fraction of sp³-hybridized carbons (Fsp3) is 0.286. The summed E-state index contributed by atoms with van der Waals surface area (Å²) < 4.78 is 0. The minimum atomic E-state index is -0.360. The molecule has 0 saturated carbocycles. The minimum absolute atomic E-state index is 0.181. The Morgan fingerprint density at radius 2 is 1.90 bits per heavy atom. The second-order valence-corrected chi connectivity index (χ2v) is 4.63. The maximum atomic E-state index is 12.1. The van der Waals surface area contributed by atoms with E-state index in [4.69, 9.17) is 5.73 Å². The first-order valence-electron chi connectivity index (χ1n) is 6.63. The van der Waals surface area contributed by atoms with Gasteiger partial charge in [0.1, 0.15) is 0 Å². The molecule has 110 valence electrons. The van der Waals surface area contributed by atoms with Gasteiger partial charge in [0, 0.05) is 18.4 Å². The van der Waals surface area contributed by atoms with Crippen LogP contribution in [0.25, 0.3) is 10.8 Å². The van der Waals surface area contributed by atoms with Crippen LogP contribution >= 0.6 is 0 Å². The fourth-order valence-corrected chi connectivity index (χ4v) is 2.00. The highest BCUT2D eigenvalue weighted by atomic mass is 16.2. The summed E-state index contributed by atoms with van der Waals surface area (Å²) in [6.45, 7) is 0.418. The molecule has 7 heteroatoms. The molecule has 2 rings (SSSR count). The number of nitrogens with two attached hydrogens (primary N) is 1. The van der Waals surface area contributed by atoms with E-state index in [1.165, 1.54) is 0 Å². The van der Waals surface area contributed by atoms with Gasteiger partial charge in [-0.05, 0) is 18.9 Å². The molecule has 0 aliphatic heterocycles. The molecule has 0 bridgehead atoms. The van der Waals surface area contributed by atoms with Crippen molar-refractivity contribution in [3.05, 3.63) is 40.3 Å². The SMILES string of the molecule is NC(=O)CCCCNC(=O)c1n[nH]c(=O)c2ccccc12. The van der Waals surface area contributed by atoms with E-state index >= 15 is 0 Å². The Hall–Kier alpha value is -2.70. The van der Waals surface area contributed by atoms with E-state index in [-0.39, 0.29) is 23.1 Å². The maximum Gasteiger partial charge on any atom is 0.272 e. The molecular weight excluding hydrogens is 272 g/mol. The molecule has 0 fully saturated rings. The molecule has 21 heavy (non-hydrogen) atoms. The number of benzene rings is 1. The number of aromatic amines is 1. The Balaban J connectivity index is 2.05. The molecule has 2 aromatic rings. The van der Waals surface area contributed by atoms with Crippen LogP contribution in [0.1, 0.15) is 29.8 Å². The smallest absolute Gasteiger partial charge is 0.272 e. The average molecular weight is 288 g/mol. The fourth-order valence-electron chi connectivity index (χ4n) is 2.00. The summed E-state index contributed by atoms with van der Waals surface area (Å²) in [6.07, 6.45) is 1.57. The molecule has 1 aromatic heterocycles. The van der Waals surface area contributed by atoms with Crippen molar-refractivity contribution in [1.82, 2.24) is 15.5 Å². The zero-order valence-corrected chi connectivity index (χ0v) is 11.4. The summed E-state index contributed by atoms with van der Waals surface area (Å²) in [4.78, 5) is 34.3. The zero-order valence-electron chi connectivity index (χ0n) is 11.4. The van der Waals surface area contributed by atoms with Crippen LogP contribution in [0.3, 0.4) is 0 Å². The van der Waals surface area contributed by atoms with Gasteiger partial charge in [-0.3, -0.25) is 14.4 Å². The van der Waals surface area contributed by atoms with Crippen molar-refractivity contribution in [3.8, 4) is 0 Å². The van der Waals surface area contributed by atoms with Crippen molar-refractivity contribution < 1.29 is 9.59 Å². The maximum absolute atomic E-state index is 12.1. The van der Waals surface area contributed by atoms with E-state index in [1.54, 1.807) is 24.3 Å². The summed E-state index contributed by atoms with van der Waals surface area (Å²) in [5.74, 6) is -0.712. The third-order valence-electron chi connectivity index (χ3n) is 3.05. The van der Waals surface area contributed by atoms with Crippen LogP contribution in [-0.4, -0.2) is 28.6 Å². The number of nitrogens with one attached hydrogen (secondary N) is 2. The van der Waals surface area contributed by atoms with Crippen LogP contribution in [0.4, 0.5) is 0 Å². The molecule has 4 N–H and O–H groups in total. The lowest BCUT2D eigenvalue weighted by Crippen LogP contribution is -2.27. The summed E-state index contributed by atoms with van der Waals surface area (Å²) in [5, 5.41) is 9.76. The van der Waals surface area contributed by atoms with Crippen molar-refractivity contribution in [2.75, 3.05) is 6.54 Å². The number of fused-ring (bicyclic) bond motifs is 1. The molecule has 2 amide bonds. The van der Waals surface area contributed by atoms with Gasteiger partial charge in [-0.1, -0.05) is 18.2 Å². The number of aromatic nitrogens is 2. The van der Waals surface area contributed by atoms with Gasteiger partial charge in [0.2, 0.25) is 5.91 Å². The standard InChI is InChI=1S/C14H16N4O3/c15-11(19)7-3-4-8-16-14(21)12-9-5-1-2-6-10(9)13(20)18-17-12/h1-2,5-6H,3-4,7-8H2,(H2,15,19)(H,16,21)(H,18,20). The summed E-state index contributed by atoms with van der Waals surface area (Å²) in [5.41, 5.74) is 4.88. The number of hydrogen-bond donors (Lipinski definition) is 3. The monoisotopic (exact) mass is 288 g/mol. The second-order valence-electron chi connectivity index (χ2n) is 4.63. The Labute approximate surface area is 120 Å². The summed E-state index contributed by atoms with van der Waals surface area (Å²) in [7, 11) is 0. The third-order valence-corrected chi connectivity index (χ3v) is 3.05. The molecule has 0 radical (unpaired) electrons. The first-order chi connectivity index (χ1) is 10.1. The lowest BCUT2D eigenvalue weighted by Gasteiger charge is -2.06. The van der Waals surface area contributed by atoms with Gasteiger partial charge < -0.3 is 11.1 Å². The average Bonchev–Trinajstić information content (AvgIpc) is 2.47. The van der Waals surface area contributed by atoms with E-state index in [1.807, 2.05) is 0 Å². The molecule has 0 spiro atoms. The predicted octanol–water partition coefficient (Wildman–Crippen LogP) is 0.308. The first kappa shape index (κ1) is 14.7. The molecule has 1 heterocycles. The number of hydrogen-bond acceptors (Lipinski definition) is 4. The normalized spacial score (nSPS) is 10.5. The van der Waals surface area contributed by atoms with Crippen LogP contribution in [-0.2, 0) is 4.79 Å². The lowest BCUT2D eigenvalue weighted by molar-refractivity contribution is -0.118.